The van der Waals surface area contributed by atoms with Crippen molar-refractivity contribution in [3.63, 3.8) is 0 Å². The van der Waals surface area contributed by atoms with Gasteiger partial charge in [0.2, 0.25) is 0 Å². The van der Waals surface area contributed by atoms with Crippen LogP contribution in [0.3, 0.4) is 0 Å². The minimum atomic E-state index is 0.105. The van der Waals surface area contributed by atoms with E-state index in [1.165, 1.54) is 15.8 Å². The molecule has 1 atom stereocenters. The number of aromatic nitrogens is 3. The molecule has 6 nitrogen and oxygen atoms in total. The zero-order valence-electron chi connectivity index (χ0n) is 21.9. The number of benzene rings is 1. The van der Waals surface area contributed by atoms with Gasteiger partial charge in [-0.1, -0.05) is 30.0 Å². The van der Waals surface area contributed by atoms with Crippen molar-refractivity contribution in [1.29, 1.82) is 0 Å². The summed E-state index contributed by atoms with van der Waals surface area (Å²) in [4.78, 5) is 30.0. The molecule has 0 saturated carbocycles. The number of hydrogen-bond donors (Lipinski definition) is 0. The van der Waals surface area contributed by atoms with Crippen molar-refractivity contribution in [2.24, 2.45) is 0 Å². The Bertz CT molecular complexity index is 1450. The molecular formula is C28H35N5OS2. The number of piperazine rings is 1. The lowest BCUT2D eigenvalue weighted by molar-refractivity contribution is 0.193. The fraction of sp³-hybridized carbons (Fsp3) is 0.464. The molecule has 8 heteroatoms. The molecule has 0 amide bonds. The van der Waals surface area contributed by atoms with Crippen LogP contribution in [0.25, 0.3) is 21.1 Å². The first-order valence-corrected chi connectivity index (χ1v) is 14.7. The normalized spacial score (nSPS) is 15.8. The summed E-state index contributed by atoms with van der Waals surface area (Å²) in [5, 5.41) is 2.88. The zero-order valence-corrected chi connectivity index (χ0v) is 23.5. The third kappa shape index (κ3) is 4.78. The molecule has 190 valence electrons. The third-order valence-corrected chi connectivity index (χ3v) is 9.62. The summed E-state index contributed by atoms with van der Waals surface area (Å²) >= 11 is 3.35. The first-order valence-electron chi connectivity index (χ1n) is 12.9. The molecule has 0 N–H and O–H groups in total. The van der Waals surface area contributed by atoms with Crippen LogP contribution >= 0.6 is 23.1 Å². The molecule has 1 fully saturated rings. The average molecular weight is 522 g/mol. The lowest BCUT2D eigenvalue weighted by atomic mass is 10.1. The molecule has 0 spiro atoms. The third-order valence-electron chi connectivity index (χ3n) is 7.51. The van der Waals surface area contributed by atoms with Gasteiger partial charge in [0.05, 0.1) is 10.9 Å². The smallest absolute Gasteiger partial charge is 0.263 e. The summed E-state index contributed by atoms with van der Waals surface area (Å²) in [7, 11) is 0. The van der Waals surface area contributed by atoms with E-state index in [2.05, 4.69) is 60.9 Å². The minimum Gasteiger partial charge on any atom is -0.354 e. The summed E-state index contributed by atoms with van der Waals surface area (Å²) < 4.78 is 1.84. The Balaban J connectivity index is 1.19. The molecule has 0 bridgehead atoms. The van der Waals surface area contributed by atoms with E-state index in [-0.39, 0.29) is 5.56 Å². The van der Waals surface area contributed by atoms with Crippen LogP contribution in [0, 0.1) is 20.8 Å². The average Bonchev–Trinajstić information content (AvgIpc) is 3.17. The second-order valence-corrected chi connectivity index (χ2v) is 12.0. The quantitative estimate of drug-likeness (QED) is 0.232. The van der Waals surface area contributed by atoms with Crippen LogP contribution in [-0.4, -0.2) is 57.4 Å². The Hall–Kier alpha value is -2.42. The Morgan fingerprint density at radius 3 is 2.58 bits per heavy atom. The lowest BCUT2D eigenvalue weighted by Crippen LogP contribution is -2.50. The summed E-state index contributed by atoms with van der Waals surface area (Å²) in [6.07, 6.45) is 1.07. The van der Waals surface area contributed by atoms with Gasteiger partial charge in [-0.25, -0.2) is 9.97 Å². The molecule has 1 aromatic carbocycles. The molecular weight excluding hydrogens is 486 g/mol. The van der Waals surface area contributed by atoms with Gasteiger partial charge in [-0.15, -0.1) is 11.3 Å². The topological polar surface area (TPSA) is 54.3 Å². The predicted molar refractivity (Wildman–Crippen MR) is 154 cm³/mol. The Morgan fingerprint density at radius 1 is 1.08 bits per heavy atom. The van der Waals surface area contributed by atoms with E-state index in [9.17, 15) is 4.79 Å². The molecule has 1 aliphatic rings. The van der Waals surface area contributed by atoms with Crippen molar-refractivity contribution in [3.05, 3.63) is 56.7 Å². The molecule has 4 heterocycles. The Kier molecular flexibility index (Phi) is 7.37. The zero-order chi connectivity index (χ0) is 25.4. The number of aryl methyl sites for hydroxylation is 3. The maximum Gasteiger partial charge on any atom is 0.263 e. The predicted octanol–water partition coefficient (Wildman–Crippen LogP) is 5.64. The molecule has 4 aromatic rings. The van der Waals surface area contributed by atoms with Gasteiger partial charge >= 0.3 is 0 Å². The van der Waals surface area contributed by atoms with E-state index in [0.29, 0.717) is 12.6 Å². The molecule has 0 aliphatic carbocycles. The van der Waals surface area contributed by atoms with Gasteiger partial charge in [0.15, 0.2) is 5.16 Å². The molecule has 0 radical (unpaired) electrons. The van der Waals surface area contributed by atoms with Crippen molar-refractivity contribution < 1.29 is 0 Å². The fourth-order valence-corrected chi connectivity index (χ4v) is 7.33. The number of fused-ring (bicyclic) bond motifs is 2. The minimum absolute atomic E-state index is 0.105. The standard InChI is InChI=1S/C28H35N5OS2/c1-6-33-27(34)25-20(4)21(5)36-26(25)30-28(33)35-16-11-19(3)31-12-14-32(15-13-31)24-17-18(2)22-9-7-8-10-23(22)29-24/h7-10,17,19H,6,11-16H2,1-5H3. The van der Waals surface area contributed by atoms with Gasteiger partial charge in [-0.2, -0.15) is 0 Å². The number of pyridine rings is 1. The van der Waals surface area contributed by atoms with Crippen LogP contribution < -0.4 is 10.5 Å². The highest BCUT2D eigenvalue weighted by molar-refractivity contribution is 7.99. The van der Waals surface area contributed by atoms with Crippen molar-refractivity contribution >= 4 is 50.0 Å². The van der Waals surface area contributed by atoms with Crippen LogP contribution in [0.5, 0.6) is 0 Å². The lowest BCUT2D eigenvalue weighted by Gasteiger charge is -2.38. The first kappa shape index (κ1) is 25.2. The monoisotopic (exact) mass is 521 g/mol. The maximum atomic E-state index is 13.1. The van der Waals surface area contributed by atoms with Crippen LogP contribution in [-0.2, 0) is 6.54 Å². The van der Waals surface area contributed by atoms with Crippen LogP contribution in [0.4, 0.5) is 5.82 Å². The number of nitrogens with zero attached hydrogens (tertiary/aromatic N) is 5. The molecule has 1 aliphatic heterocycles. The van der Waals surface area contributed by atoms with Crippen molar-refractivity contribution in [1.82, 2.24) is 19.4 Å². The number of anilines is 1. The molecule has 5 rings (SSSR count). The Morgan fingerprint density at radius 2 is 1.83 bits per heavy atom. The number of thiophene rings is 1. The van der Waals surface area contributed by atoms with Gasteiger partial charge in [-0.3, -0.25) is 14.3 Å². The SMILES string of the molecule is CCn1c(SCCC(C)N2CCN(c3cc(C)c4ccccc4n3)CC2)nc2sc(C)c(C)c2c1=O. The van der Waals surface area contributed by atoms with Gasteiger partial charge in [-0.05, 0) is 64.3 Å². The summed E-state index contributed by atoms with van der Waals surface area (Å²) in [6, 6.07) is 11.1. The van der Waals surface area contributed by atoms with Gasteiger partial charge in [0, 0.05) is 54.8 Å². The molecule has 1 saturated heterocycles. The van der Waals surface area contributed by atoms with Crippen molar-refractivity contribution in [2.75, 3.05) is 36.8 Å². The number of hydrogen-bond acceptors (Lipinski definition) is 7. The van der Waals surface area contributed by atoms with Crippen LogP contribution in [0.2, 0.25) is 0 Å². The van der Waals surface area contributed by atoms with Crippen molar-refractivity contribution in [3.8, 4) is 0 Å². The number of rotatable bonds is 7. The summed E-state index contributed by atoms with van der Waals surface area (Å²) in [5.41, 5.74) is 3.54. The highest BCUT2D eigenvalue weighted by atomic mass is 32.2. The van der Waals surface area contributed by atoms with E-state index in [1.54, 1.807) is 23.1 Å². The van der Waals surface area contributed by atoms with E-state index >= 15 is 0 Å². The van der Waals surface area contributed by atoms with E-state index in [0.717, 1.165) is 70.6 Å². The largest absolute Gasteiger partial charge is 0.354 e. The Labute approximate surface area is 221 Å². The van der Waals surface area contributed by atoms with Gasteiger partial charge < -0.3 is 4.90 Å². The first-order chi connectivity index (χ1) is 17.4. The summed E-state index contributed by atoms with van der Waals surface area (Å²) in [5.74, 6) is 2.04. The highest BCUT2D eigenvalue weighted by Crippen LogP contribution is 2.29. The van der Waals surface area contributed by atoms with Crippen LogP contribution in [0.1, 0.15) is 36.3 Å². The van der Waals surface area contributed by atoms with Crippen LogP contribution in [0.15, 0.2) is 40.3 Å². The second-order valence-electron chi connectivity index (χ2n) is 9.73. The van der Waals surface area contributed by atoms with E-state index in [4.69, 9.17) is 9.97 Å². The van der Waals surface area contributed by atoms with Gasteiger partial charge in [0.1, 0.15) is 10.6 Å². The van der Waals surface area contributed by atoms with Crippen molar-refractivity contribution in [2.45, 2.75) is 58.8 Å². The fourth-order valence-electron chi connectivity index (χ4n) is 5.09. The van der Waals surface area contributed by atoms with E-state index in [1.807, 2.05) is 18.4 Å². The van der Waals surface area contributed by atoms with Gasteiger partial charge in [0.25, 0.3) is 5.56 Å². The number of para-hydroxylation sites is 1. The van der Waals surface area contributed by atoms with E-state index < -0.39 is 0 Å². The highest BCUT2D eigenvalue weighted by Gasteiger charge is 2.23. The molecule has 3 aromatic heterocycles. The maximum absolute atomic E-state index is 13.1. The number of thioether (sulfide) groups is 1. The second kappa shape index (κ2) is 10.5. The molecule has 36 heavy (non-hydrogen) atoms. The molecule has 1 unspecified atom stereocenters. The summed E-state index contributed by atoms with van der Waals surface area (Å²) in [6.45, 7) is 15.3.